The van der Waals surface area contributed by atoms with Crippen LogP contribution in [0.4, 0.5) is 5.82 Å². The van der Waals surface area contributed by atoms with Crippen LogP contribution in [0, 0.1) is 0 Å². The molecule has 0 saturated carbocycles. The highest BCUT2D eigenvalue weighted by atomic mass is 16.5. The van der Waals surface area contributed by atoms with E-state index in [9.17, 15) is 0 Å². The Morgan fingerprint density at radius 1 is 1.44 bits per heavy atom. The highest BCUT2D eigenvalue weighted by Crippen LogP contribution is 2.10. The van der Waals surface area contributed by atoms with Gasteiger partial charge in [0.25, 0.3) is 0 Å². The number of nitrogens with zero attached hydrogens (tertiary/aromatic N) is 1. The van der Waals surface area contributed by atoms with Crippen LogP contribution < -0.4 is 15.8 Å². The van der Waals surface area contributed by atoms with Gasteiger partial charge >= 0.3 is 0 Å². The van der Waals surface area contributed by atoms with Crippen molar-refractivity contribution >= 4 is 5.82 Å². The number of pyridine rings is 1. The molecule has 0 aliphatic heterocycles. The molecule has 16 heavy (non-hydrogen) atoms. The summed E-state index contributed by atoms with van der Waals surface area (Å²) in [7, 11) is 3.25. The molecule has 0 radical (unpaired) electrons. The third-order valence-corrected chi connectivity index (χ3v) is 2.13. The molecule has 1 aromatic heterocycles. The summed E-state index contributed by atoms with van der Waals surface area (Å²) >= 11 is 0. The summed E-state index contributed by atoms with van der Waals surface area (Å²) < 4.78 is 9.98. The second kappa shape index (κ2) is 7.03. The smallest absolute Gasteiger partial charge is 0.214 e. The molecule has 0 aliphatic rings. The van der Waals surface area contributed by atoms with Crippen molar-refractivity contribution in [2.24, 2.45) is 5.73 Å². The van der Waals surface area contributed by atoms with Crippen molar-refractivity contribution in [3.8, 4) is 5.88 Å². The van der Waals surface area contributed by atoms with E-state index in [2.05, 4.69) is 10.3 Å². The van der Waals surface area contributed by atoms with Gasteiger partial charge in [-0.1, -0.05) is 6.07 Å². The molecule has 1 rings (SSSR count). The Bertz CT molecular complexity index is 307. The van der Waals surface area contributed by atoms with E-state index >= 15 is 0 Å². The summed E-state index contributed by atoms with van der Waals surface area (Å²) in [6, 6.07) is 5.65. The number of rotatable bonds is 7. The molecular weight excluding hydrogens is 206 g/mol. The van der Waals surface area contributed by atoms with Gasteiger partial charge in [-0.25, -0.2) is 0 Å². The molecule has 3 N–H and O–H groups in total. The lowest BCUT2D eigenvalue weighted by molar-refractivity contribution is 0.178. The van der Waals surface area contributed by atoms with Crippen LogP contribution in [0.3, 0.4) is 0 Å². The van der Waals surface area contributed by atoms with Crippen LogP contribution in [0.15, 0.2) is 18.2 Å². The molecule has 0 aliphatic carbocycles. The maximum Gasteiger partial charge on any atom is 0.214 e. The number of anilines is 1. The van der Waals surface area contributed by atoms with Crippen LogP contribution in [0.5, 0.6) is 5.88 Å². The van der Waals surface area contributed by atoms with E-state index in [0.717, 1.165) is 18.8 Å². The van der Waals surface area contributed by atoms with Gasteiger partial charge in [0.1, 0.15) is 5.82 Å². The molecule has 0 spiro atoms. The Balaban J connectivity index is 2.31. The van der Waals surface area contributed by atoms with Gasteiger partial charge in [0, 0.05) is 25.8 Å². The Labute approximate surface area is 96.0 Å². The monoisotopic (exact) mass is 225 g/mol. The van der Waals surface area contributed by atoms with Gasteiger partial charge in [0.15, 0.2) is 0 Å². The first kappa shape index (κ1) is 12.7. The summed E-state index contributed by atoms with van der Waals surface area (Å²) in [5, 5.41) is 3.18. The third-order valence-electron chi connectivity index (χ3n) is 2.13. The minimum Gasteiger partial charge on any atom is -0.481 e. The lowest BCUT2D eigenvalue weighted by Crippen LogP contribution is -2.28. The van der Waals surface area contributed by atoms with Gasteiger partial charge in [0.2, 0.25) is 5.88 Å². The van der Waals surface area contributed by atoms with E-state index < -0.39 is 0 Å². The second-order valence-electron chi connectivity index (χ2n) is 3.50. The topological polar surface area (TPSA) is 69.4 Å². The molecule has 0 amide bonds. The normalized spacial score (nSPS) is 12.2. The van der Waals surface area contributed by atoms with Gasteiger partial charge in [-0.3, -0.25) is 0 Å². The van der Waals surface area contributed by atoms with Crippen molar-refractivity contribution < 1.29 is 9.47 Å². The zero-order valence-electron chi connectivity index (χ0n) is 9.77. The van der Waals surface area contributed by atoms with E-state index in [0.29, 0.717) is 12.5 Å². The van der Waals surface area contributed by atoms with Gasteiger partial charge in [-0.2, -0.15) is 4.98 Å². The maximum atomic E-state index is 5.79. The number of nitrogens with one attached hydrogen (secondary N) is 1. The van der Waals surface area contributed by atoms with Gasteiger partial charge in [-0.05, 0) is 12.5 Å². The number of methoxy groups -OCH3 is 2. The number of hydrogen-bond acceptors (Lipinski definition) is 5. The summed E-state index contributed by atoms with van der Waals surface area (Å²) in [6.45, 7) is 1.35. The summed E-state index contributed by atoms with van der Waals surface area (Å²) in [5.74, 6) is 1.40. The van der Waals surface area contributed by atoms with Crippen molar-refractivity contribution in [2.45, 2.75) is 12.5 Å². The predicted molar refractivity (Wildman–Crippen MR) is 63.7 cm³/mol. The van der Waals surface area contributed by atoms with Crippen molar-refractivity contribution in [1.29, 1.82) is 0 Å². The van der Waals surface area contributed by atoms with Gasteiger partial charge in [-0.15, -0.1) is 0 Å². The molecular formula is C11H19N3O2. The lowest BCUT2D eigenvalue weighted by Gasteiger charge is -2.11. The van der Waals surface area contributed by atoms with Crippen molar-refractivity contribution in [3.05, 3.63) is 18.2 Å². The standard InChI is InChI=1S/C11H19N3O2/c1-15-8-9(12)6-7-13-10-4-3-5-11(14-10)16-2/h3-5,9H,6-8,12H2,1-2H3,(H,13,14). The van der Waals surface area contributed by atoms with Crippen LogP contribution in [-0.4, -0.2) is 38.4 Å². The number of ether oxygens (including phenoxy) is 2. The quantitative estimate of drug-likeness (QED) is 0.720. The first-order chi connectivity index (χ1) is 7.76. The third kappa shape index (κ3) is 4.46. The minimum atomic E-state index is 0.0584. The Morgan fingerprint density at radius 3 is 2.94 bits per heavy atom. The molecule has 1 heterocycles. The zero-order chi connectivity index (χ0) is 11.8. The fraction of sp³-hybridized carbons (Fsp3) is 0.545. The first-order valence-electron chi connectivity index (χ1n) is 5.25. The van der Waals surface area contributed by atoms with Crippen LogP contribution in [0.2, 0.25) is 0 Å². The highest BCUT2D eigenvalue weighted by Gasteiger charge is 2.01. The Morgan fingerprint density at radius 2 is 2.25 bits per heavy atom. The minimum absolute atomic E-state index is 0.0584. The molecule has 5 heteroatoms. The summed E-state index contributed by atoms with van der Waals surface area (Å²) in [4.78, 5) is 4.23. The SMILES string of the molecule is COCC(N)CCNc1cccc(OC)n1. The van der Waals surface area contributed by atoms with E-state index in [1.807, 2.05) is 18.2 Å². The van der Waals surface area contributed by atoms with E-state index in [4.69, 9.17) is 15.2 Å². The maximum absolute atomic E-state index is 5.79. The van der Waals surface area contributed by atoms with Crippen molar-refractivity contribution in [2.75, 3.05) is 32.7 Å². The largest absolute Gasteiger partial charge is 0.481 e. The molecule has 0 aromatic carbocycles. The number of aromatic nitrogens is 1. The summed E-state index contributed by atoms with van der Waals surface area (Å²) in [5.41, 5.74) is 5.79. The Hall–Kier alpha value is -1.33. The zero-order valence-corrected chi connectivity index (χ0v) is 9.77. The predicted octanol–water partition coefficient (Wildman–Crippen LogP) is 0.866. The van der Waals surface area contributed by atoms with Crippen molar-refractivity contribution in [3.63, 3.8) is 0 Å². The molecule has 0 saturated heterocycles. The number of nitrogens with two attached hydrogens (primary N) is 1. The molecule has 0 fully saturated rings. The highest BCUT2D eigenvalue weighted by molar-refractivity contribution is 5.36. The van der Waals surface area contributed by atoms with E-state index in [-0.39, 0.29) is 6.04 Å². The molecule has 90 valence electrons. The van der Waals surface area contributed by atoms with Gasteiger partial charge < -0.3 is 20.5 Å². The fourth-order valence-electron chi connectivity index (χ4n) is 1.31. The molecule has 1 atom stereocenters. The molecule has 1 aromatic rings. The second-order valence-corrected chi connectivity index (χ2v) is 3.50. The lowest BCUT2D eigenvalue weighted by atomic mass is 10.2. The van der Waals surface area contributed by atoms with Crippen LogP contribution in [0.1, 0.15) is 6.42 Å². The van der Waals surface area contributed by atoms with E-state index in [1.54, 1.807) is 14.2 Å². The van der Waals surface area contributed by atoms with Crippen LogP contribution in [-0.2, 0) is 4.74 Å². The Kier molecular flexibility index (Phi) is 5.60. The van der Waals surface area contributed by atoms with Crippen molar-refractivity contribution in [1.82, 2.24) is 4.98 Å². The average Bonchev–Trinajstić information content (AvgIpc) is 2.30. The fourth-order valence-corrected chi connectivity index (χ4v) is 1.31. The first-order valence-corrected chi connectivity index (χ1v) is 5.25. The average molecular weight is 225 g/mol. The van der Waals surface area contributed by atoms with E-state index in [1.165, 1.54) is 0 Å². The number of hydrogen-bond donors (Lipinski definition) is 2. The van der Waals surface area contributed by atoms with Gasteiger partial charge in [0.05, 0.1) is 13.7 Å². The molecule has 0 bridgehead atoms. The molecule has 1 unspecified atom stereocenters. The summed E-state index contributed by atoms with van der Waals surface area (Å²) in [6.07, 6.45) is 0.840. The molecule has 5 nitrogen and oxygen atoms in total. The van der Waals surface area contributed by atoms with Crippen LogP contribution in [0.25, 0.3) is 0 Å². The van der Waals surface area contributed by atoms with Crippen LogP contribution >= 0.6 is 0 Å².